The molecule has 28 heavy (non-hydrogen) atoms. The summed E-state index contributed by atoms with van der Waals surface area (Å²) in [6, 6.07) is 2.88. The average molecular weight is 424 g/mol. The quantitative estimate of drug-likeness (QED) is 0.549. The van der Waals surface area contributed by atoms with Gasteiger partial charge in [-0.15, -0.1) is 0 Å². The van der Waals surface area contributed by atoms with Crippen molar-refractivity contribution in [3.8, 4) is 0 Å². The Morgan fingerprint density at radius 1 is 1.14 bits per heavy atom. The molecule has 0 aliphatic rings. The maximum Gasteiger partial charge on any atom is 0.310 e. The molecule has 13 heteroatoms. The predicted octanol–water partition coefficient (Wildman–Crippen LogP) is 5.23. The lowest BCUT2D eigenvalue weighted by atomic mass is 10.1. The van der Waals surface area contributed by atoms with Crippen LogP contribution >= 0.6 is 10.2 Å². The average Bonchev–Trinajstić information content (AvgIpc) is 2.96. The van der Waals surface area contributed by atoms with Crippen molar-refractivity contribution in [3.63, 3.8) is 0 Å². The molecule has 0 aliphatic carbocycles. The minimum Gasteiger partial charge on any atom is -0.368 e. The Morgan fingerprint density at radius 3 is 2.39 bits per heavy atom. The molecule has 3 N–H and O–H groups in total. The highest BCUT2D eigenvalue weighted by molar-refractivity contribution is 8.45. The molecule has 2 aromatic heterocycles. The van der Waals surface area contributed by atoms with Gasteiger partial charge in [0, 0.05) is 11.9 Å². The monoisotopic (exact) mass is 424 g/mol. The molecular weight excluding hydrogens is 410 g/mol. The lowest BCUT2D eigenvalue weighted by Gasteiger charge is -2.41. The van der Waals surface area contributed by atoms with Crippen molar-refractivity contribution in [1.29, 1.82) is 0 Å². The highest BCUT2D eigenvalue weighted by atomic mass is 32.5. The number of nitrogen functional groups attached to an aromatic ring is 1. The van der Waals surface area contributed by atoms with E-state index in [0.717, 1.165) is 12.3 Å². The van der Waals surface area contributed by atoms with E-state index in [1.807, 2.05) is 0 Å². The van der Waals surface area contributed by atoms with E-state index in [1.54, 1.807) is 0 Å². The number of hydrogen-bond donors (Lipinski definition) is 2. The Hall–Kier alpha value is -2.96. The molecule has 0 spiro atoms. The molecule has 0 atom stereocenters. The van der Waals surface area contributed by atoms with Crippen LogP contribution in [0.1, 0.15) is 11.3 Å². The van der Waals surface area contributed by atoms with Gasteiger partial charge in [-0.25, -0.2) is 9.37 Å². The van der Waals surface area contributed by atoms with Crippen molar-refractivity contribution >= 4 is 27.7 Å². The van der Waals surface area contributed by atoms with Gasteiger partial charge in [-0.1, -0.05) is 19.4 Å². The molecule has 0 saturated carbocycles. The summed E-state index contributed by atoms with van der Waals surface area (Å²) in [5, 5.41) is 6.05. The zero-order valence-electron chi connectivity index (χ0n) is 14.2. The van der Waals surface area contributed by atoms with Crippen LogP contribution in [0.25, 0.3) is 0 Å². The van der Waals surface area contributed by atoms with Crippen LogP contribution in [0, 0.1) is 12.7 Å². The summed E-state index contributed by atoms with van der Waals surface area (Å²) < 4.78 is 79.2. The Balaban J connectivity index is 2.12. The molecule has 0 fully saturated rings. The first-order chi connectivity index (χ1) is 12.7. The molecule has 3 rings (SSSR count). The molecule has 152 valence electrons. The predicted molar refractivity (Wildman–Crippen MR) is 93.4 cm³/mol. The largest absolute Gasteiger partial charge is 0.368 e. The van der Waals surface area contributed by atoms with Gasteiger partial charge in [0.25, 0.3) is 0 Å². The normalized spacial score (nSPS) is 14.4. The van der Waals surface area contributed by atoms with E-state index >= 15 is 0 Å². The zero-order valence-corrected chi connectivity index (χ0v) is 15.0. The van der Waals surface area contributed by atoms with Crippen molar-refractivity contribution in [2.75, 3.05) is 10.6 Å². The lowest BCUT2D eigenvalue weighted by Crippen LogP contribution is -2.20. The fourth-order valence-electron chi connectivity index (χ4n) is 2.54. The van der Waals surface area contributed by atoms with Crippen molar-refractivity contribution in [2.24, 2.45) is 0 Å². The molecule has 0 bridgehead atoms. The first-order valence-electron chi connectivity index (χ1n) is 7.63. The third-order valence-corrected chi connectivity index (χ3v) is 4.96. The molecule has 0 aliphatic heterocycles. The fourth-order valence-corrected chi connectivity index (χ4v) is 3.26. The number of H-pyrrole nitrogens is 1. The van der Waals surface area contributed by atoms with Crippen LogP contribution in [0.2, 0.25) is 0 Å². The van der Waals surface area contributed by atoms with E-state index in [4.69, 9.17) is 5.73 Å². The standard InChI is InChI=1S/C15H14F6N6S/c1-9-6-10(28(17,18,19,20)21)2-3-13(9)27(8-12-11(16)7-24-26-12)14-4-5-23-15(22)25-14/h2-7H,8H2,1H3,(H,24,26)(H2,22,23,25). The van der Waals surface area contributed by atoms with Crippen molar-refractivity contribution < 1.29 is 23.8 Å². The van der Waals surface area contributed by atoms with Crippen LogP contribution in [-0.4, -0.2) is 20.2 Å². The van der Waals surface area contributed by atoms with Gasteiger partial charge in [0.05, 0.1) is 12.7 Å². The number of nitrogens with zero attached hydrogens (tertiary/aromatic N) is 4. The van der Waals surface area contributed by atoms with E-state index in [-0.39, 0.29) is 41.3 Å². The second-order valence-corrected chi connectivity index (χ2v) is 8.37. The molecule has 0 amide bonds. The summed E-state index contributed by atoms with van der Waals surface area (Å²) in [5.41, 5.74) is 5.45. The van der Waals surface area contributed by atoms with Gasteiger partial charge in [0.1, 0.15) is 16.4 Å². The summed E-state index contributed by atoms with van der Waals surface area (Å²) in [6.45, 7) is 0.975. The van der Waals surface area contributed by atoms with Gasteiger partial charge < -0.3 is 10.6 Å². The minimum absolute atomic E-state index is 0.0617. The van der Waals surface area contributed by atoms with Crippen LogP contribution in [-0.2, 0) is 6.54 Å². The van der Waals surface area contributed by atoms with E-state index in [9.17, 15) is 23.8 Å². The zero-order chi connectivity index (χ0) is 20.8. The number of rotatable bonds is 5. The SMILES string of the molecule is Cc1cc(S(F)(F)(F)(F)F)ccc1N(Cc1n[nH]cc1F)c1ccnc(N)n1. The molecule has 6 nitrogen and oxygen atoms in total. The smallest absolute Gasteiger partial charge is 0.310 e. The van der Waals surface area contributed by atoms with E-state index in [2.05, 4.69) is 20.2 Å². The number of hydrogen-bond acceptors (Lipinski definition) is 5. The molecule has 0 unspecified atom stereocenters. The highest BCUT2D eigenvalue weighted by Gasteiger charge is 2.65. The maximum absolute atomic E-state index is 13.8. The number of aromatic amines is 1. The third-order valence-electron chi connectivity index (χ3n) is 3.81. The van der Waals surface area contributed by atoms with Gasteiger partial charge in [-0.3, -0.25) is 5.10 Å². The van der Waals surface area contributed by atoms with Gasteiger partial charge in [0.15, 0.2) is 5.82 Å². The lowest BCUT2D eigenvalue weighted by molar-refractivity contribution is 0.364. The molecule has 0 radical (unpaired) electrons. The molecule has 2 heterocycles. The van der Waals surface area contributed by atoms with Crippen LogP contribution in [0.15, 0.2) is 41.6 Å². The van der Waals surface area contributed by atoms with Crippen molar-refractivity contribution in [1.82, 2.24) is 20.2 Å². The van der Waals surface area contributed by atoms with Crippen LogP contribution < -0.4 is 10.6 Å². The van der Waals surface area contributed by atoms with E-state index in [1.165, 1.54) is 24.1 Å². The second kappa shape index (κ2) is 5.77. The summed E-state index contributed by atoms with van der Waals surface area (Å²) >= 11 is 0. The Kier molecular flexibility index (Phi) is 4.08. The number of nitrogens with one attached hydrogen (secondary N) is 1. The number of anilines is 3. The first-order valence-corrected chi connectivity index (χ1v) is 9.59. The molecule has 1 aromatic carbocycles. The molecular formula is C15H14F6N6S. The van der Waals surface area contributed by atoms with Gasteiger partial charge in [-0.05, 0) is 36.8 Å². The van der Waals surface area contributed by atoms with Crippen molar-refractivity contribution in [2.45, 2.75) is 18.4 Å². The Morgan fingerprint density at radius 2 is 1.86 bits per heavy atom. The summed E-state index contributed by atoms with van der Waals surface area (Å²) in [7, 11) is -9.84. The second-order valence-electron chi connectivity index (χ2n) is 5.96. The summed E-state index contributed by atoms with van der Waals surface area (Å²) in [6.07, 6.45) is 2.29. The van der Waals surface area contributed by atoms with Crippen LogP contribution in [0.4, 0.5) is 41.3 Å². The molecule has 0 saturated heterocycles. The fraction of sp³-hybridized carbons (Fsp3) is 0.133. The van der Waals surface area contributed by atoms with E-state index in [0.29, 0.717) is 6.07 Å². The van der Waals surface area contributed by atoms with Gasteiger partial charge in [-0.2, -0.15) is 10.1 Å². The minimum atomic E-state index is -9.84. The third kappa shape index (κ3) is 4.13. The molecule has 3 aromatic rings. The van der Waals surface area contributed by atoms with E-state index < -0.39 is 20.9 Å². The Bertz CT molecular complexity index is 1040. The van der Waals surface area contributed by atoms with Gasteiger partial charge >= 0.3 is 10.2 Å². The topological polar surface area (TPSA) is 83.7 Å². The number of aromatic nitrogens is 4. The number of halogens is 6. The summed E-state index contributed by atoms with van der Waals surface area (Å²) in [4.78, 5) is 6.96. The Labute approximate surface area is 155 Å². The highest BCUT2D eigenvalue weighted by Crippen LogP contribution is 3.02. The van der Waals surface area contributed by atoms with Gasteiger partial charge in [0.2, 0.25) is 5.95 Å². The maximum atomic E-state index is 13.8. The van der Waals surface area contributed by atoms with Crippen LogP contribution in [0.5, 0.6) is 0 Å². The number of benzene rings is 1. The number of nitrogens with two attached hydrogens (primary N) is 1. The van der Waals surface area contributed by atoms with Crippen LogP contribution in [0.3, 0.4) is 0 Å². The van der Waals surface area contributed by atoms with Crippen molar-refractivity contribution in [3.05, 3.63) is 53.7 Å². The first kappa shape index (κ1) is 19.8. The summed E-state index contributed by atoms with van der Waals surface area (Å²) in [5.74, 6) is -0.697. The number of aryl methyl sites for hydroxylation is 1.